The van der Waals surface area contributed by atoms with E-state index in [2.05, 4.69) is 26.2 Å². The number of carboxylic acid groups (broad SMARTS) is 1. The maximum absolute atomic E-state index is 10.8. The Bertz CT molecular complexity index is 620. The molecule has 1 aromatic heterocycles. The smallest absolute Gasteiger partial charge is 0.326 e. The van der Waals surface area contributed by atoms with Crippen molar-refractivity contribution in [3.8, 4) is 0 Å². The van der Waals surface area contributed by atoms with Gasteiger partial charge in [0.05, 0.1) is 16.4 Å². The number of nitrogens with two attached hydrogens (primary N) is 1. The van der Waals surface area contributed by atoms with Gasteiger partial charge in [-0.3, -0.25) is 4.79 Å². The average Bonchev–Trinajstić information content (AvgIpc) is 2.81. The van der Waals surface area contributed by atoms with E-state index >= 15 is 0 Å². The van der Waals surface area contributed by atoms with Crippen molar-refractivity contribution in [1.82, 2.24) is 4.98 Å². The highest BCUT2D eigenvalue weighted by Crippen LogP contribution is 2.30. The van der Waals surface area contributed by atoms with Crippen LogP contribution in [0.2, 0.25) is 5.02 Å². The normalized spacial score (nSPS) is 12.2. The van der Waals surface area contributed by atoms with Crippen molar-refractivity contribution in [3.05, 3.63) is 38.8 Å². The van der Waals surface area contributed by atoms with Crippen molar-refractivity contribution in [2.45, 2.75) is 6.04 Å². The van der Waals surface area contributed by atoms with Crippen LogP contribution in [0.4, 0.5) is 10.8 Å². The van der Waals surface area contributed by atoms with E-state index in [4.69, 9.17) is 22.4 Å². The van der Waals surface area contributed by atoms with Gasteiger partial charge in [-0.25, -0.2) is 4.98 Å². The van der Waals surface area contributed by atoms with Crippen molar-refractivity contribution in [1.29, 1.82) is 0 Å². The molecule has 0 saturated carbocycles. The highest BCUT2D eigenvalue weighted by Gasteiger charge is 2.17. The molecular weight excluding hydrogens is 354 g/mol. The zero-order chi connectivity index (χ0) is 14.0. The van der Waals surface area contributed by atoms with Gasteiger partial charge in [-0.05, 0) is 18.2 Å². The van der Waals surface area contributed by atoms with Crippen LogP contribution in [0, 0.1) is 0 Å². The SMILES string of the molecule is NC(C(=O)O)c1csc(Nc2cc(Br)ccc2Cl)n1. The highest BCUT2D eigenvalue weighted by atomic mass is 79.9. The van der Waals surface area contributed by atoms with Crippen LogP contribution in [0.3, 0.4) is 0 Å². The van der Waals surface area contributed by atoms with Gasteiger partial charge in [0.1, 0.15) is 6.04 Å². The molecule has 1 aromatic carbocycles. The molecule has 1 atom stereocenters. The van der Waals surface area contributed by atoms with Crippen LogP contribution in [0.1, 0.15) is 11.7 Å². The third-order valence-electron chi connectivity index (χ3n) is 2.28. The zero-order valence-corrected chi connectivity index (χ0v) is 12.6. The van der Waals surface area contributed by atoms with Gasteiger partial charge in [0, 0.05) is 9.85 Å². The zero-order valence-electron chi connectivity index (χ0n) is 9.43. The van der Waals surface area contributed by atoms with E-state index in [-0.39, 0.29) is 0 Å². The summed E-state index contributed by atoms with van der Waals surface area (Å²) in [6, 6.07) is 4.25. The number of thiazole rings is 1. The number of halogens is 2. The largest absolute Gasteiger partial charge is 0.480 e. The Hall–Kier alpha value is -1.15. The third kappa shape index (κ3) is 3.44. The van der Waals surface area contributed by atoms with Crippen LogP contribution < -0.4 is 11.1 Å². The maximum atomic E-state index is 10.8. The fraction of sp³-hybridized carbons (Fsp3) is 0.0909. The molecule has 0 amide bonds. The van der Waals surface area contributed by atoms with Crippen LogP contribution in [-0.2, 0) is 4.79 Å². The van der Waals surface area contributed by atoms with E-state index in [9.17, 15) is 4.79 Å². The molecule has 0 aliphatic heterocycles. The fourth-order valence-electron chi connectivity index (χ4n) is 1.32. The lowest BCUT2D eigenvalue weighted by molar-refractivity contribution is -0.138. The Kier molecular flexibility index (Phi) is 4.41. The molecule has 5 nitrogen and oxygen atoms in total. The van der Waals surface area contributed by atoms with Crippen LogP contribution >= 0.6 is 38.9 Å². The molecule has 2 rings (SSSR count). The Morgan fingerprint density at radius 3 is 3.00 bits per heavy atom. The predicted molar refractivity (Wildman–Crippen MR) is 79.1 cm³/mol. The average molecular weight is 363 g/mol. The van der Waals surface area contributed by atoms with Gasteiger partial charge < -0.3 is 16.2 Å². The van der Waals surface area contributed by atoms with Crippen molar-refractivity contribution >= 4 is 55.7 Å². The number of aromatic nitrogens is 1. The minimum Gasteiger partial charge on any atom is -0.480 e. The second kappa shape index (κ2) is 5.87. The lowest BCUT2D eigenvalue weighted by Crippen LogP contribution is -2.20. The van der Waals surface area contributed by atoms with Gasteiger partial charge in [0.15, 0.2) is 5.13 Å². The van der Waals surface area contributed by atoms with E-state index in [1.165, 1.54) is 11.3 Å². The summed E-state index contributed by atoms with van der Waals surface area (Å²) in [5, 5.41) is 14.5. The number of hydrogen-bond donors (Lipinski definition) is 3. The molecule has 0 bridgehead atoms. The molecule has 0 fully saturated rings. The quantitative estimate of drug-likeness (QED) is 0.776. The van der Waals surface area contributed by atoms with E-state index < -0.39 is 12.0 Å². The van der Waals surface area contributed by atoms with Crippen LogP contribution in [0.5, 0.6) is 0 Å². The van der Waals surface area contributed by atoms with Gasteiger partial charge in [-0.2, -0.15) is 0 Å². The first-order chi connectivity index (χ1) is 8.97. The Labute approximate surface area is 126 Å². The molecule has 0 radical (unpaired) electrons. The van der Waals surface area contributed by atoms with Gasteiger partial charge in [-0.15, -0.1) is 11.3 Å². The second-order valence-electron chi connectivity index (χ2n) is 3.64. The predicted octanol–water partition coefficient (Wildman–Crippen LogP) is 3.39. The van der Waals surface area contributed by atoms with Gasteiger partial charge in [-0.1, -0.05) is 27.5 Å². The minimum absolute atomic E-state index is 0.311. The first kappa shape index (κ1) is 14.3. The number of nitrogens with zero attached hydrogens (tertiary/aromatic N) is 1. The Balaban J connectivity index is 2.20. The van der Waals surface area contributed by atoms with Gasteiger partial charge in [0.2, 0.25) is 0 Å². The molecule has 100 valence electrons. The molecule has 8 heteroatoms. The standard InChI is InChI=1S/C11H9BrClN3O2S/c12-5-1-2-6(13)7(3-5)15-11-16-8(4-19-11)9(14)10(17)18/h1-4,9H,14H2,(H,15,16)(H,17,18). The lowest BCUT2D eigenvalue weighted by atomic mass is 10.2. The highest BCUT2D eigenvalue weighted by molar-refractivity contribution is 9.10. The van der Waals surface area contributed by atoms with E-state index in [1.54, 1.807) is 17.5 Å². The molecule has 0 spiro atoms. The van der Waals surface area contributed by atoms with Gasteiger partial charge >= 0.3 is 5.97 Å². The lowest BCUT2D eigenvalue weighted by Gasteiger charge is -2.06. The van der Waals surface area contributed by atoms with Crippen molar-refractivity contribution in [3.63, 3.8) is 0 Å². The Morgan fingerprint density at radius 1 is 1.58 bits per heavy atom. The summed E-state index contributed by atoms with van der Waals surface area (Å²) < 4.78 is 0.874. The van der Waals surface area contributed by atoms with E-state index in [0.717, 1.165) is 4.47 Å². The molecule has 4 N–H and O–H groups in total. The number of anilines is 2. The number of rotatable bonds is 4. The molecule has 0 aliphatic rings. The number of carboxylic acids is 1. The summed E-state index contributed by atoms with van der Waals surface area (Å²) >= 11 is 10.6. The Morgan fingerprint density at radius 2 is 2.32 bits per heavy atom. The van der Waals surface area contributed by atoms with Gasteiger partial charge in [0.25, 0.3) is 0 Å². The first-order valence-corrected chi connectivity index (χ1v) is 7.18. The van der Waals surface area contributed by atoms with Crippen molar-refractivity contribution in [2.24, 2.45) is 5.73 Å². The summed E-state index contributed by atoms with van der Waals surface area (Å²) in [4.78, 5) is 14.9. The van der Waals surface area contributed by atoms with Crippen LogP contribution in [0.15, 0.2) is 28.1 Å². The van der Waals surface area contributed by atoms with Crippen LogP contribution in [0.25, 0.3) is 0 Å². The number of benzene rings is 1. The molecule has 1 unspecified atom stereocenters. The third-order valence-corrected chi connectivity index (χ3v) is 3.88. The van der Waals surface area contributed by atoms with Crippen LogP contribution in [-0.4, -0.2) is 16.1 Å². The molecule has 1 heterocycles. The number of aliphatic carboxylic acids is 1. The molecule has 0 aliphatic carbocycles. The molecule has 2 aromatic rings. The summed E-state index contributed by atoms with van der Waals surface area (Å²) in [5.74, 6) is -1.11. The molecule has 19 heavy (non-hydrogen) atoms. The van der Waals surface area contributed by atoms with E-state index in [0.29, 0.717) is 21.5 Å². The second-order valence-corrected chi connectivity index (χ2v) is 5.82. The topological polar surface area (TPSA) is 88.2 Å². The van der Waals surface area contributed by atoms with Crippen molar-refractivity contribution < 1.29 is 9.90 Å². The summed E-state index contributed by atoms with van der Waals surface area (Å²) in [5.41, 5.74) is 6.47. The minimum atomic E-state index is -1.12. The first-order valence-electron chi connectivity index (χ1n) is 5.13. The summed E-state index contributed by atoms with van der Waals surface area (Å²) in [7, 11) is 0. The molecular formula is C11H9BrClN3O2S. The van der Waals surface area contributed by atoms with Crippen molar-refractivity contribution in [2.75, 3.05) is 5.32 Å². The number of hydrogen-bond acceptors (Lipinski definition) is 5. The number of carbonyl (C=O) groups is 1. The summed E-state index contributed by atoms with van der Waals surface area (Å²) in [6.07, 6.45) is 0. The van der Waals surface area contributed by atoms with E-state index in [1.807, 2.05) is 6.07 Å². The monoisotopic (exact) mass is 361 g/mol. The molecule has 0 saturated heterocycles. The fourth-order valence-corrected chi connectivity index (χ4v) is 2.61. The summed E-state index contributed by atoms with van der Waals surface area (Å²) in [6.45, 7) is 0. The number of nitrogens with one attached hydrogen (secondary N) is 1. The maximum Gasteiger partial charge on any atom is 0.326 e.